The highest BCUT2D eigenvalue weighted by Gasteiger charge is 2.22. The Morgan fingerprint density at radius 1 is 1.14 bits per heavy atom. The summed E-state index contributed by atoms with van der Waals surface area (Å²) in [4.78, 5) is 29.2. The van der Waals surface area contributed by atoms with Crippen LogP contribution in [0.2, 0.25) is 0 Å². The van der Waals surface area contributed by atoms with E-state index in [2.05, 4.69) is 4.98 Å². The van der Waals surface area contributed by atoms with Crippen molar-refractivity contribution in [3.63, 3.8) is 0 Å². The highest BCUT2D eigenvalue weighted by molar-refractivity contribution is 7.89. The van der Waals surface area contributed by atoms with Crippen LogP contribution < -0.4 is 10.7 Å². The van der Waals surface area contributed by atoms with Gasteiger partial charge in [-0.05, 0) is 48.9 Å². The maximum Gasteiger partial charge on any atom is 0.261 e. The third kappa shape index (κ3) is 3.90. The number of carbonyl (C=O) groups excluding carboxylic acids is 1. The lowest BCUT2D eigenvalue weighted by atomic mass is 10.1. The van der Waals surface area contributed by atoms with Crippen LogP contribution in [0.1, 0.15) is 28.9 Å². The average molecular weight is 401 g/mol. The zero-order chi connectivity index (χ0) is 20.5. The Morgan fingerprint density at radius 2 is 1.82 bits per heavy atom. The molecule has 0 fully saturated rings. The van der Waals surface area contributed by atoms with Crippen LogP contribution in [0.25, 0.3) is 11.5 Å². The van der Waals surface area contributed by atoms with Gasteiger partial charge in [-0.25, -0.2) is 13.6 Å². The van der Waals surface area contributed by atoms with Crippen LogP contribution in [0, 0.1) is 0 Å². The molecule has 0 saturated heterocycles. The van der Waals surface area contributed by atoms with Gasteiger partial charge in [-0.3, -0.25) is 9.59 Å². The first-order chi connectivity index (χ1) is 13.2. The predicted octanol–water partition coefficient (Wildman–Crippen LogP) is 2.12. The molecule has 0 saturated carbocycles. The quantitative estimate of drug-likeness (QED) is 0.677. The van der Waals surface area contributed by atoms with Crippen molar-refractivity contribution in [2.75, 3.05) is 7.05 Å². The molecule has 1 atom stereocenters. The fourth-order valence-corrected chi connectivity index (χ4v) is 3.26. The SMILES string of the molecule is CC(c1ccc(S(N)(=O)=O)cc1)N(C)C(=O)c1ccc(-c2ccco2)[nH]c1=O. The van der Waals surface area contributed by atoms with Crippen molar-refractivity contribution in [2.45, 2.75) is 17.9 Å². The molecule has 1 unspecified atom stereocenters. The Balaban J connectivity index is 1.83. The van der Waals surface area contributed by atoms with Gasteiger partial charge in [0, 0.05) is 7.05 Å². The molecule has 28 heavy (non-hydrogen) atoms. The number of primary sulfonamides is 1. The standard InChI is InChI=1S/C19H19N3O5S/c1-12(13-5-7-14(8-6-13)28(20,25)26)22(2)19(24)15-9-10-16(21-18(15)23)17-4-3-11-27-17/h3-12H,1-2H3,(H,21,23)(H2,20,25,26). The Labute approximate surface area is 161 Å². The second-order valence-electron chi connectivity index (χ2n) is 6.30. The van der Waals surface area contributed by atoms with E-state index >= 15 is 0 Å². The summed E-state index contributed by atoms with van der Waals surface area (Å²) in [5.41, 5.74) is 0.640. The summed E-state index contributed by atoms with van der Waals surface area (Å²) < 4.78 is 28.0. The first kappa shape index (κ1) is 19.6. The molecule has 9 heteroatoms. The third-order valence-corrected chi connectivity index (χ3v) is 5.45. The van der Waals surface area contributed by atoms with E-state index in [1.807, 2.05) is 0 Å². The number of sulfonamides is 1. The summed E-state index contributed by atoms with van der Waals surface area (Å²) in [6, 6.07) is 12.0. The smallest absolute Gasteiger partial charge is 0.261 e. The minimum atomic E-state index is -3.79. The monoisotopic (exact) mass is 401 g/mol. The Kier molecular flexibility index (Phi) is 5.21. The lowest BCUT2D eigenvalue weighted by Gasteiger charge is -2.25. The highest BCUT2D eigenvalue weighted by atomic mass is 32.2. The number of aromatic nitrogens is 1. The number of nitrogens with two attached hydrogens (primary N) is 1. The first-order valence-corrected chi connectivity index (χ1v) is 9.90. The topological polar surface area (TPSA) is 126 Å². The number of pyridine rings is 1. The van der Waals surface area contributed by atoms with E-state index in [1.54, 1.807) is 44.3 Å². The first-order valence-electron chi connectivity index (χ1n) is 8.35. The molecule has 8 nitrogen and oxygen atoms in total. The van der Waals surface area contributed by atoms with Gasteiger partial charge < -0.3 is 14.3 Å². The normalized spacial score (nSPS) is 12.5. The molecule has 2 aromatic heterocycles. The van der Waals surface area contributed by atoms with Gasteiger partial charge in [-0.1, -0.05) is 12.1 Å². The number of hydrogen-bond donors (Lipinski definition) is 2. The second-order valence-corrected chi connectivity index (χ2v) is 7.86. The zero-order valence-corrected chi connectivity index (χ0v) is 16.1. The summed E-state index contributed by atoms with van der Waals surface area (Å²) in [7, 11) is -2.22. The number of amides is 1. The van der Waals surface area contributed by atoms with Crippen molar-refractivity contribution >= 4 is 15.9 Å². The number of hydrogen-bond acceptors (Lipinski definition) is 5. The molecule has 0 radical (unpaired) electrons. The van der Waals surface area contributed by atoms with Crippen molar-refractivity contribution < 1.29 is 17.6 Å². The molecule has 3 rings (SSSR count). The number of furan rings is 1. The number of H-pyrrole nitrogens is 1. The van der Waals surface area contributed by atoms with E-state index < -0.39 is 27.5 Å². The molecule has 0 bridgehead atoms. The molecule has 1 amide bonds. The van der Waals surface area contributed by atoms with Crippen LogP contribution in [0.4, 0.5) is 0 Å². The molecule has 0 aliphatic carbocycles. The zero-order valence-electron chi connectivity index (χ0n) is 15.2. The Hall–Kier alpha value is -3.17. The van der Waals surface area contributed by atoms with Crippen molar-refractivity contribution in [3.05, 3.63) is 76.3 Å². The number of nitrogens with zero attached hydrogens (tertiary/aromatic N) is 1. The maximum atomic E-state index is 12.8. The fourth-order valence-electron chi connectivity index (χ4n) is 2.74. The second kappa shape index (κ2) is 7.45. The molecule has 0 aliphatic rings. The molecule has 2 heterocycles. The lowest BCUT2D eigenvalue weighted by molar-refractivity contribution is 0.0740. The number of nitrogens with one attached hydrogen (secondary N) is 1. The minimum Gasteiger partial charge on any atom is -0.463 e. The molecule has 3 aromatic rings. The molecule has 1 aromatic carbocycles. The van der Waals surface area contributed by atoms with Crippen molar-refractivity contribution in [3.8, 4) is 11.5 Å². The third-order valence-electron chi connectivity index (χ3n) is 4.52. The van der Waals surface area contributed by atoms with E-state index in [-0.39, 0.29) is 10.5 Å². The Bertz CT molecular complexity index is 1150. The van der Waals surface area contributed by atoms with E-state index in [9.17, 15) is 18.0 Å². The van der Waals surface area contributed by atoms with Gasteiger partial charge >= 0.3 is 0 Å². The van der Waals surface area contributed by atoms with Gasteiger partial charge in [0.1, 0.15) is 11.3 Å². The average Bonchev–Trinajstić information content (AvgIpc) is 3.20. The maximum absolute atomic E-state index is 12.8. The number of carbonyl (C=O) groups is 1. The van der Waals surface area contributed by atoms with Crippen LogP contribution in [0.5, 0.6) is 0 Å². The van der Waals surface area contributed by atoms with Gasteiger partial charge in [0.05, 0.1) is 22.9 Å². The van der Waals surface area contributed by atoms with E-state index in [0.717, 1.165) is 0 Å². The van der Waals surface area contributed by atoms with Gasteiger partial charge in [0.2, 0.25) is 10.0 Å². The lowest BCUT2D eigenvalue weighted by Crippen LogP contribution is -2.33. The van der Waals surface area contributed by atoms with Gasteiger partial charge in [0.15, 0.2) is 0 Å². The van der Waals surface area contributed by atoms with Crippen LogP contribution in [-0.4, -0.2) is 31.3 Å². The van der Waals surface area contributed by atoms with E-state index in [4.69, 9.17) is 9.56 Å². The molecule has 0 spiro atoms. The fraction of sp³-hybridized carbons (Fsp3) is 0.158. The van der Waals surface area contributed by atoms with E-state index in [1.165, 1.54) is 29.4 Å². The van der Waals surface area contributed by atoms with Gasteiger partial charge in [0.25, 0.3) is 11.5 Å². The highest BCUT2D eigenvalue weighted by Crippen LogP contribution is 2.22. The van der Waals surface area contributed by atoms with Crippen molar-refractivity contribution in [2.24, 2.45) is 5.14 Å². The largest absolute Gasteiger partial charge is 0.463 e. The minimum absolute atomic E-state index is 0.00851. The summed E-state index contributed by atoms with van der Waals surface area (Å²) >= 11 is 0. The van der Waals surface area contributed by atoms with Crippen molar-refractivity contribution in [1.29, 1.82) is 0 Å². The predicted molar refractivity (Wildman–Crippen MR) is 103 cm³/mol. The summed E-state index contributed by atoms with van der Waals surface area (Å²) in [5, 5.41) is 5.09. The molecular formula is C19H19N3O5S. The summed E-state index contributed by atoms with van der Waals surface area (Å²) in [6.45, 7) is 1.77. The number of benzene rings is 1. The van der Waals surface area contributed by atoms with Crippen LogP contribution >= 0.6 is 0 Å². The van der Waals surface area contributed by atoms with Crippen LogP contribution in [0.15, 0.2) is 68.9 Å². The molecular weight excluding hydrogens is 382 g/mol. The Morgan fingerprint density at radius 3 is 2.36 bits per heavy atom. The van der Waals surface area contributed by atoms with Gasteiger partial charge in [-0.15, -0.1) is 0 Å². The van der Waals surface area contributed by atoms with Crippen LogP contribution in [0.3, 0.4) is 0 Å². The van der Waals surface area contributed by atoms with E-state index in [0.29, 0.717) is 17.0 Å². The number of aromatic amines is 1. The summed E-state index contributed by atoms with van der Waals surface area (Å²) in [6.07, 6.45) is 1.49. The molecule has 3 N–H and O–H groups in total. The van der Waals surface area contributed by atoms with Crippen molar-refractivity contribution in [1.82, 2.24) is 9.88 Å². The number of rotatable bonds is 5. The molecule has 146 valence electrons. The molecule has 0 aliphatic heterocycles. The summed E-state index contributed by atoms with van der Waals surface area (Å²) in [5.74, 6) is 0.0306. The van der Waals surface area contributed by atoms with Gasteiger partial charge in [-0.2, -0.15) is 0 Å². The van der Waals surface area contributed by atoms with Crippen LogP contribution in [-0.2, 0) is 10.0 Å².